The summed E-state index contributed by atoms with van der Waals surface area (Å²) in [6, 6.07) is 16.3. The van der Waals surface area contributed by atoms with Crippen LogP contribution >= 0.6 is 0 Å². The number of hydrogen-bond donors (Lipinski definition) is 1. The minimum atomic E-state index is 0.0811. The Bertz CT molecular complexity index is 597. The monoisotopic (exact) mass is 313 g/mol. The van der Waals surface area contributed by atoms with Gasteiger partial charge in [-0.05, 0) is 54.3 Å². The van der Waals surface area contributed by atoms with Gasteiger partial charge >= 0.3 is 0 Å². The molecule has 0 bridgehead atoms. The molecule has 2 aromatic rings. The van der Waals surface area contributed by atoms with Gasteiger partial charge in [-0.2, -0.15) is 0 Å². The largest absolute Gasteiger partial charge is 0.497 e. The Kier molecular flexibility index (Phi) is 5.54. The van der Waals surface area contributed by atoms with Crippen molar-refractivity contribution in [1.29, 1.82) is 0 Å². The van der Waals surface area contributed by atoms with Gasteiger partial charge in [-0.25, -0.2) is 0 Å². The number of methoxy groups -OCH3 is 1. The molecular weight excluding hydrogens is 286 g/mol. The lowest BCUT2D eigenvalue weighted by atomic mass is 9.87. The summed E-state index contributed by atoms with van der Waals surface area (Å²) in [5, 5.41) is 3.37. The van der Waals surface area contributed by atoms with E-state index < -0.39 is 0 Å². The van der Waals surface area contributed by atoms with Crippen LogP contribution in [0.3, 0.4) is 0 Å². The predicted octanol–water partition coefficient (Wildman–Crippen LogP) is 4.87. The molecule has 0 aliphatic heterocycles. The Morgan fingerprint density at radius 1 is 0.913 bits per heavy atom. The van der Waals surface area contributed by atoms with Crippen LogP contribution in [0.4, 0.5) is 5.69 Å². The Labute approximate surface area is 139 Å². The third kappa shape index (κ3) is 5.20. The Morgan fingerprint density at radius 2 is 1.48 bits per heavy atom. The van der Waals surface area contributed by atoms with Crippen LogP contribution in [0.25, 0.3) is 0 Å². The van der Waals surface area contributed by atoms with Crippen LogP contribution in [-0.4, -0.2) is 19.8 Å². The molecule has 0 heterocycles. The van der Waals surface area contributed by atoms with E-state index in [-0.39, 0.29) is 11.5 Å². The molecule has 0 aliphatic carbocycles. The summed E-state index contributed by atoms with van der Waals surface area (Å²) in [4.78, 5) is 0. The Hall–Kier alpha value is -2.16. The molecule has 0 amide bonds. The van der Waals surface area contributed by atoms with Crippen molar-refractivity contribution in [2.24, 2.45) is 0 Å². The summed E-state index contributed by atoms with van der Waals surface area (Å²) in [7, 11) is 1.67. The number of hydrogen-bond acceptors (Lipinski definition) is 3. The lowest BCUT2D eigenvalue weighted by molar-refractivity contribution is 0.234. The van der Waals surface area contributed by atoms with E-state index in [0.29, 0.717) is 0 Å². The zero-order chi connectivity index (χ0) is 16.9. The molecule has 1 N–H and O–H groups in total. The van der Waals surface area contributed by atoms with Gasteiger partial charge in [0.1, 0.15) is 17.6 Å². The lowest BCUT2D eigenvalue weighted by Gasteiger charge is -2.20. The fourth-order valence-electron chi connectivity index (χ4n) is 2.28. The quantitative estimate of drug-likeness (QED) is 0.825. The molecule has 0 aliphatic rings. The second-order valence-corrected chi connectivity index (χ2v) is 6.81. The van der Waals surface area contributed by atoms with Crippen molar-refractivity contribution in [3.05, 3.63) is 54.1 Å². The van der Waals surface area contributed by atoms with Gasteiger partial charge in [0.2, 0.25) is 0 Å². The first-order chi connectivity index (χ1) is 10.9. The molecule has 0 spiro atoms. The third-order valence-electron chi connectivity index (χ3n) is 3.74. The Balaban J connectivity index is 1.85. The number of nitrogens with one attached hydrogen (secondary N) is 1. The highest BCUT2D eigenvalue weighted by molar-refractivity contribution is 5.46. The van der Waals surface area contributed by atoms with Crippen LogP contribution < -0.4 is 14.8 Å². The molecule has 0 radical (unpaired) electrons. The summed E-state index contributed by atoms with van der Waals surface area (Å²) >= 11 is 0. The normalized spacial score (nSPS) is 12.6. The van der Waals surface area contributed by atoms with Gasteiger partial charge in [0.05, 0.1) is 13.7 Å². The van der Waals surface area contributed by atoms with Gasteiger partial charge in [-0.1, -0.05) is 32.9 Å². The first-order valence-electron chi connectivity index (χ1n) is 8.03. The molecule has 1 unspecified atom stereocenters. The molecule has 1 atom stereocenters. The van der Waals surface area contributed by atoms with Gasteiger partial charge in [-0.15, -0.1) is 0 Å². The van der Waals surface area contributed by atoms with Gasteiger partial charge in [0, 0.05) is 5.69 Å². The van der Waals surface area contributed by atoms with E-state index in [9.17, 15) is 0 Å². The molecule has 2 aromatic carbocycles. The first kappa shape index (κ1) is 17.2. The number of benzene rings is 2. The molecule has 0 fully saturated rings. The fraction of sp³-hybridized carbons (Fsp3) is 0.400. The zero-order valence-electron chi connectivity index (χ0n) is 14.7. The van der Waals surface area contributed by atoms with Crippen LogP contribution in [0.15, 0.2) is 48.5 Å². The van der Waals surface area contributed by atoms with Crippen molar-refractivity contribution in [2.75, 3.05) is 19.0 Å². The summed E-state index contributed by atoms with van der Waals surface area (Å²) < 4.78 is 11.1. The van der Waals surface area contributed by atoms with E-state index in [2.05, 4.69) is 45.1 Å². The molecule has 3 nitrogen and oxygen atoms in total. The van der Waals surface area contributed by atoms with Crippen LogP contribution in [0.5, 0.6) is 11.5 Å². The standard InChI is InChI=1S/C20H27NO2/c1-15(14-21-17-8-12-18(22-5)13-9-17)23-19-10-6-16(7-11-19)20(2,3)4/h6-13,15,21H,14H2,1-5H3. The summed E-state index contributed by atoms with van der Waals surface area (Å²) in [5.41, 5.74) is 2.54. The molecule has 124 valence electrons. The Morgan fingerprint density at radius 3 is 2.00 bits per heavy atom. The first-order valence-corrected chi connectivity index (χ1v) is 8.03. The van der Waals surface area contributed by atoms with Crippen LogP contribution in [-0.2, 0) is 5.41 Å². The van der Waals surface area contributed by atoms with Crippen LogP contribution in [0.2, 0.25) is 0 Å². The second kappa shape index (κ2) is 7.40. The van der Waals surface area contributed by atoms with Crippen molar-refractivity contribution < 1.29 is 9.47 Å². The molecule has 2 rings (SSSR count). The highest BCUT2D eigenvalue weighted by Crippen LogP contribution is 2.24. The van der Waals surface area contributed by atoms with Crippen molar-refractivity contribution in [1.82, 2.24) is 0 Å². The number of anilines is 1. The minimum absolute atomic E-state index is 0.0811. The van der Waals surface area contributed by atoms with Gasteiger partial charge < -0.3 is 14.8 Å². The van der Waals surface area contributed by atoms with Crippen molar-refractivity contribution in [3.8, 4) is 11.5 Å². The minimum Gasteiger partial charge on any atom is -0.497 e. The van der Waals surface area contributed by atoms with Crippen molar-refractivity contribution in [3.63, 3.8) is 0 Å². The average Bonchev–Trinajstić information content (AvgIpc) is 2.53. The van der Waals surface area contributed by atoms with Crippen molar-refractivity contribution in [2.45, 2.75) is 39.2 Å². The van der Waals surface area contributed by atoms with E-state index in [1.165, 1.54) is 5.56 Å². The molecular formula is C20H27NO2. The van der Waals surface area contributed by atoms with Gasteiger partial charge in [0.25, 0.3) is 0 Å². The smallest absolute Gasteiger partial charge is 0.119 e. The van der Waals surface area contributed by atoms with Gasteiger partial charge in [-0.3, -0.25) is 0 Å². The van der Waals surface area contributed by atoms with E-state index in [0.717, 1.165) is 23.7 Å². The topological polar surface area (TPSA) is 30.5 Å². The van der Waals surface area contributed by atoms with E-state index in [1.54, 1.807) is 7.11 Å². The fourth-order valence-corrected chi connectivity index (χ4v) is 2.28. The summed E-state index contributed by atoms with van der Waals surface area (Å²) in [6.07, 6.45) is 0.0811. The van der Waals surface area contributed by atoms with E-state index >= 15 is 0 Å². The number of ether oxygens (including phenoxy) is 2. The average molecular weight is 313 g/mol. The van der Waals surface area contributed by atoms with E-state index in [1.807, 2.05) is 36.4 Å². The maximum absolute atomic E-state index is 5.96. The zero-order valence-corrected chi connectivity index (χ0v) is 14.7. The molecule has 0 aromatic heterocycles. The summed E-state index contributed by atoms with van der Waals surface area (Å²) in [5.74, 6) is 1.76. The molecule has 3 heteroatoms. The van der Waals surface area contributed by atoms with Crippen molar-refractivity contribution >= 4 is 5.69 Å². The van der Waals surface area contributed by atoms with Crippen LogP contribution in [0.1, 0.15) is 33.3 Å². The van der Waals surface area contributed by atoms with Crippen LogP contribution in [0, 0.1) is 0 Å². The lowest BCUT2D eigenvalue weighted by Crippen LogP contribution is -2.22. The highest BCUT2D eigenvalue weighted by atomic mass is 16.5. The maximum atomic E-state index is 5.96. The third-order valence-corrected chi connectivity index (χ3v) is 3.74. The maximum Gasteiger partial charge on any atom is 0.119 e. The summed E-state index contributed by atoms with van der Waals surface area (Å²) in [6.45, 7) is 9.44. The molecule has 0 saturated carbocycles. The molecule has 0 saturated heterocycles. The number of rotatable bonds is 6. The highest BCUT2D eigenvalue weighted by Gasteiger charge is 2.13. The SMILES string of the molecule is COc1ccc(NCC(C)Oc2ccc(C(C)(C)C)cc2)cc1. The van der Waals surface area contributed by atoms with Gasteiger partial charge in [0.15, 0.2) is 0 Å². The second-order valence-electron chi connectivity index (χ2n) is 6.81. The predicted molar refractivity (Wildman–Crippen MR) is 96.7 cm³/mol. The van der Waals surface area contributed by atoms with E-state index in [4.69, 9.17) is 9.47 Å². The molecule has 23 heavy (non-hydrogen) atoms.